The molecular formula is C42H88N10O8. The number of aliphatic carboxylic acids is 1. The molecule has 0 aromatic heterocycles. The molecule has 0 heterocycles. The van der Waals surface area contributed by atoms with E-state index >= 15 is 0 Å². The lowest BCUT2D eigenvalue weighted by atomic mass is 10.4. The van der Waals surface area contributed by atoms with Crippen molar-refractivity contribution >= 4 is 41.9 Å². The first-order valence-electron chi connectivity index (χ1n) is 20.5. The monoisotopic (exact) mass is 861 g/mol. The fourth-order valence-electron chi connectivity index (χ4n) is 3.14. The molecule has 18 heteroatoms. The number of carbonyl (C=O) groups excluding carboxylic acids is 6. The van der Waals surface area contributed by atoms with Gasteiger partial charge in [0.15, 0.2) is 0 Å². The van der Waals surface area contributed by atoms with Crippen LogP contribution >= 0.6 is 0 Å². The average Bonchev–Trinajstić information content (AvgIpc) is 3.17. The zero-order chi connectivity index (χ0) is 48.6. The van der Waals surface area contributed by atoms with E-state index < -0.39 is 24.3 Å². The van der Waals surface area contributed by atoms with Crippen molar-refractivity contribution in [3.63, 3.8) is 0 Å². The second-order valence-corrected chi connectivity index (χ2v) is 12.9. The molecule has 0 unspecified atom stereocenters. The minimum Gasteiger partial charge on any atom is -0.480 e. The normalized spacial score (nSPS) is 8.75. The lowest BCUT2D eigenvalue weighted by molar-refractivity contribution is -0.143. The Balaban J connectivity index is -0.000000124. The van der Waals surface area contributed by atoms with Crippen molar-refractivity contribution in [1.29, 1.82) is 0 Å². The van der Waals surface area contributed by atoms with Crippen LogP contribution in [0.1, 0.15) is 89.0 Å². The van der Waals surface area contributed by atoms with Gasteiger partial charge < -0.3 is 56.2 Å². The van der Waals surface area contributed by atoms with Crippen molar-refractivity contribution < 1.29 is 38.7 Å². The highest BCUT2D eigenvalue weighted by Crippen LogP contribution is 1.96. The maximum atomic E-state index is 11.5. The molecule has 0 aromatic carbocycles. The summed E-state index contributed by atoms with van der Waals surface area (Å²) in [6, 6.07) is 0.648. The van der Waals surface area contributed by atoms with Gasteiger partial charge in [-0.3, -0.25) is 33.6 Å². The zero-order valence-electron chi connectivity index (χ0n) is 40.5. The van der Waals surface area contributed by atoms with Crippen LogP contribution in [0, 0.1) is 0 Å². The Morgan fingerprint density at radius 2 is 0.917 bits per heavy atom. The first-order chi connectivity index (χ1) is 28.1. The smallest absolute Gasteiger partial charge is 0.323 e. The standard InChI is InChI=1S/C13H24N4O2.C9H15N3O5.C7H14N2O.C5H13N.2C3H8.C2H6/c1-6-14-13(19)10-17(5)11(3)8-15-12(18)9-16(4)7-2;1-11(6-13)4-7(14)10-3-8(15)12(2)5-9(16)17;1-4-8-7(10)6-9(3)5-2;1-4-6-5(2)3;2*1-3-2;1-2/h7H,2-3,6,8-10H2,1,4-5H3,(H,14,19)(H,15,18);6H,3-5H2,1-2H3,(H,10,14)(H,16,17);5H,2,4,6H2,1,3H3,(H,8,10);5-6H,4H2,1-3H3;2*3H2,1-2H3;1-2H3. The van der Waals surface area contributed by atoms with Crippen LogP contribution in [0.15, 0.2) is 37.8 Å². The molecule has 0 aliphatic rings. The van der Waals surface area contributed by atoms with Crippen LogP contribution in [-0.4, -0.2) is 178 Å². The van der Waals surface area contributed by atoms with E-state index in [0.29, 0.717) is 44.3 Å². The third-order valence-corrected chi connectivity index (χ3v) is 5.99. The fourth-order valence-corrected chi connectivity index (χ4v) is 3.14. The van der Waals surface area contributed by atoms with E-state index in [1.54, 1.807) is 41.2 Å². The van der Waals surface area contributed by atoms with Crippen LogP contribution in [0.5, 0.6) is 0 Å². The Hall–Kier alpha value is -5.13. The molecule has 6 N–H and O–H groups in total. The SMILES string of the molecule is C=CN(C)CC(=O)NCC.C=CN(C)CC(=O)NCC(=C)N(C)CC(=O)NCC.CC.CCC.CCC.CCNC(C)C.CN(C=O)CC(=O)NCC(=O)N(C)CC(=O)O. The minimum atomic E-state index is -1.13. The number of rotatable bonds is 22. The van der Waals surface area contributed by atoms with Gasteiger partial charge in [-0.2, -0.15) is 0 Å². The molecule has 0 aliphatic carbocycles. The predicted octanol–water partition coefficient (Wildman–Crippen LogP) is 2.55. The molecule has 0 saturated carbocycles. The van der Waals surface area contributed by atoms with Crippen molar-refractivity contribution in [2.45, 2.75) is 95.0 Å². The molecule has 18 nitrogen and oxygen atoms in total. The van der Waals surface area contributed by atoms with Gasteiger partial charge in [0.05, 0.1) is 39.3 Å². The van der Waals surface area contributed by atoms with Crippen molar-refractivity contribution in [1.82, 2.24) is 51.1 Å². The second-order valence-electron chi connectivity index (χ2n) is 12.9. The Labute approximate surface area is 364 Å². The number of amides is 6. The summed E-state index contributed by atoms with van der Waals surface area (Å²) >= 11 is 0. The van der Waals surface area contributed by atoms with Gasteiger partial charge in [-0.15, -0.1) is 0 Å². The first-order valence-corrected chi connectivity index (χ1v) is 20.5. The molecule has 0 aromatic rings. The zero-order valence-corrected chi connectivity index (χ0v) is 40.5. The van der Waals surface area contributed by atoms with Gasteiger partial charge in [-0.25, -0.2) is 0 Å². The van der Waals surface area contributed by atoms with E-state index in [1.807, 2.05) is 34.7 Å². The summed E-state index contributed by atoms with van der Waals surface area (Å²) in [5, 5.41) is 22.0. The molecule has 0 aliphatic heterocycles. The third-order valence-electron chi connectivity index (χ3n) is 5.99. The Morgan fingerprint density at radius 1 is 0.567 bits per heavy atom. The number of likely N-dealkylation sites (N-methyl/N-ethyl adjacent to an activating group) is 7. The van der Waals surface area contributed by atoms with Gasteiger partial charge in [0.25, 0.3) is 0 Å². The lowest BCUT2D eigenvalue weighted by Crippen LogP contribution is -2.42. The number of nitrogens with zero attached hydrogens (tertiary/aromatic N) is 5. The summed E-state index contributed by atoms with van der Waals surface area (Å²) in [6.45, 7) is 36.2. The molecule has 60 heavy (non-hydrogen) atoms. The van der Waals surface area contributed by atoms with Crippen LogP contribution in [-0.2, 0) is 33.6 Å². The molecular weight excluding hydrogens is 773 g/mol. The quantitative estimate of drug-likeness (QED) is 0.0867. The van der Waals surface area contributed by atoms with Crippen molar-refractivity contribution in [3.05, 3.63) is 37.8 Å². The summed E-state index contributed by atoms with van der Waals surface area (Å²) in [6.07, 6.45) is 6.18. The van der Waals surface area contributed by atoms with E-state index in [-0.39, 0.29) is 43.9 Å². The summed E-state index contributed by atoms with van der Waals surface area (Å²) in [5.74, 6) is -2.29. The van der Waals surface area contributed by atoms with Gasteiger partial charge in [-0.05, 0) is 32.8 Å². The van der Waals surface area contributed by atoms with Crippen molar-refractivity contribution in [2.75, 3.05) is 101 Å². The molecule has 0 bridgehead atoms. The number of hydrogen-bond acceptors (Lipinski definition) is 11. The number of carboxylic acids is 1. The average molecular weight is 861 g/mol. The van der Waals surface area contributed by atoms with Crippen molar-refractivity contribution in [3.8, 4) is 0 Å². The van der Waals surface area contributed by atoms with Gasteiger partial charge in [0, 0.05) is 60.1 Å². The van der Waals surface area contributed by atoms with Crippen LogP contribution < -0.4 is 26.6 Å². The maximum absolute atomic E-state index is 11.5. The Bertz CT molecular complexity index is 1140. The molecule has 0 spiro atoms. The largest absolute Gasteiger partial charge is 0.480 e. The predicted molar refractivity (Wildman–Crippen MR) is 247 cm³/mol. The Kier molecular flexibility index (Phi) is 60.1. The highest BCUT2D eigenvalue weighted by Gasteiger charge is 2.13. The van der Waals surface area contributed by atoms with Crippen LogP contribution in [0.2, 0.25) is 0 Å². The van der Waals surface area contributed by atoms with Gasteiger partial charge in [-0.1, -0.05) is 94.9 Å². The molecule has 0 atom stereocenters. The molecule has 0 fully saturated rings. The summed E-state index contributed by atoms with van der Waals surface area (Å²) in [4.78, 5) is 83.9. The van der Waals surface area contributed by atoms with E-state index in [9.17, 15) is 33.6 Å². The van der Waals surface area contributed by atoms with Crippen LogP contribution in [0.3, 0.4) is 0 Å². The molecule has 0 rings (SSSR count). The molecule has 6 amide bonds. The lowest BCUT2D eigenvalue weighted by Gasteiger charge is -2.21. The minimum absolute atomic E-state index is 0.0323. The number of carboxylic acid groups (broad SMARTS) is 1. The summed E-state index contributed by atoms with van der Waals surface area (Å²) in [5.41, 5.74) is 0.681. The fraction of sp³-hybridized carbons (Fsp3) is 0.690. The summed E-state index contributed by atoms with van der Waals surface area (Å²) in [7, 11) is 8.08. The highest BCUT2D eigenvalue weighted by atomic mass is 16.4. The van der Waals surface area contributed by atoms with Crippen molar-refractivity contribution in [2.24, 2.45) is 0 Å². The molecule has 0 radical (unpaired) electrons. The number of carbonyl (C=O) groups is 7. The molecule has 354 valence electrons. The highest BCUT2D eigenvalue weighted by molar-refractivity contribution is 5.87. The number of nitrogens with one attached hydrogen (secondary N) is 5. The first kappa shape index (κ1) is 69.5. The van der Waals surface area contributed by atoms with Gasteiger partial charge >= 0.3 is 5.97 Å². The van der Waals surface area contributed by atoms with Crippen LogP contribution in [0.25, 0.3) is 0 Å². The summed E-state index contributed by atoms with van der Waals surface area (Å²) < 4.78 is 0. The van der Waals surface area contributed by atoms with E-state index in [1.165, 1.54) is 26.9 Å². The topological polar surface area (TPSA) is 216 Å². The van der Waals surface area contributed by atoms with E-state index in [0.717, 1.165) is 16.3 Å². The molecule has 0 saturated heterocycles. The van der Waals surface area contributed by atoms with Crippen LogP contribution in [0.4, 0.5) is 0 Å². The third kappa shape index (κ3) is 62.1. The maximum Gasteiger partial charge on any atom is 0.323 e. The van der Waals surface area contributed by atoms with Gasteiger partial charge in [0.2, 0.25) is 35.9 Å². The van der Waals surface area contributed by atoms with Gasteiger partial charge in [0.1, 0.15) is 6.54 Å². The van der Waals surface area contributed by atoms with E-state index in [2.05, 4.69) is 94.8 Å². The second kappa shape index (κ2) is 51.9. The Morgan fingerprint density at radius 3 is 1.22 bits per heavy atom. The number of hydrogen-bond donors (Lipinski definition) is 6. The van der Waals surface area contributed by atoms with E-state index in [4.69, 9.17) is 5.11 Å².